The van der Waals surface area contributed by atoms with Crippen LogP contribution in [0.25, 0.3) is 0 Å². The van der Waals surface area contributed by atoms with Crippen LogP contribution in [0, 0.1) is 0 Å². The van der Waals surface area contributed by atoms with Gasteiger partial charge in [0, 0.05) is 7.11 Å². The second kappa shape index (κ2) is 6.99. The number of nitrogens with two attached hydrogens (primary N) is 1. The summed E-state index contributed by atoms with van der Waals surface area (Å²) >= 11 is 0. The lowest BCUT2D eigenvalue weighted by atomic mass is 10.4. The number of methoxy groups -OCH3 is 1. The standard InChI is InChI=1S/C7H17NO2/c1-3-7(9-2)10-6-4-5-8/h7H,3-6,8H2,1-2H3. The zero-order chi connectivity index (χ0) is 7.82. The van der Waals surface area contributed by atoms with E-state index in [0.29, 0.717) is 13.2 Å². The predicted molar refractivity (Wildman–Crippen MR) is 40.7 cm³/mol. The first-order valence-corrected chi connectivity index (χ1v) is 3.69. The molecule has 1 unspecified atom stereocenters. The first kappa shape index (κ1) is 9.88. The van der Waals surface area contributed by atoms with Crippen molar-refractivity contribution in [3.05, 3.63) is 0 Å². The molecule has 0 saturated carbocycles. The van der Waals surface area contributed by atoms with E-state index < -0.39 is 0 Å². The van der Waals surface area contributed by atoms with E-state index in [2.05, 4.69) is 0 Å². The Kier molecular flexibility index (Phi) is 6.91. The van der Waals surface area contributed by atoms with E-state index >= 15 is 0 Å². The Labute approximate surface area is 62.5 Å². The molecule has 0 radical (unpaired) electrons. The van der Waals surface area contributed by atoms with E-state index in [1.807, 2.05) is 6.92 Å². The van der Waals surface area contributed by atoms with Crippen LogP contribution >= 0.6 is 0 Å². The van der Waals surface area contributed by atoms with Crippen molar-refractivity contribution < 1.29 is 9.47 Å². The molecule has 0 fully saturated rings. The van der Waals surface area contributed by atoms with Gasteiger partial charge < -0.3 is 15.2 Å². The van der Waals surface area contributed by atoms with Gasteiger partial charge >= 0.3 is 0 Å². The minimum absolute atomic E-state index is 0.0495. The molecule has 3 nitrogen and oxygen atoms in total. The van der Waals surface area contributed by atoms with E-state index in [1.54, 1.807) is 7.11 Å². The van der Waals surface area contributed by atoms with E-state index in [9.17, 15) is 0 Å². The second-order valence-corrected chi connectivity index (χ2v) is 2.09. The molecule has 0 aromatic heterocycles. The second-order valence-electron chi connectivity index (χ2n) is 2.09. The van der Waals surface area contributed by atoms with E-state index in [4.69, 9.17) is 15.2 Å². The van der Waals surface area contributed by atoms with Gasteiger partial charge in [0.1, 0.15) is 0 Å². The third-order valence-corrected chi connectivity index (χ3v) is 1.25. The molecule has 0 aliphatic carbocycles. The third kappa shape index (κ3) is 4.73. The molecule has 0 heterocycles. The van der Waals surface area contributed by atoms with Crippen LogP contribution < -0.4 is 5.73 Å². The molecule has 3 heteroatoms. The molecular formula is C7H17NO2. The summed E-state index contributed by atoms with van der Waals surface area (Å²) < 4.78 is 10.3. The summed E-state index contributed by atoms with van der Waals surface area (Å²) in [6, 6.07) is 0. The number of hydrogen-bond acceptors (Lipinski definition) is 3. The summed E-state index contributed by atoms with van der Waals surface area (Å²) in [5.74, 6) is 0. The molecule has 1 atom stereocenters. The highest BCUT2D eigenvalue weighted by Crippen LogP contribution is 1.97. The van der Waals surface area contributed by atoms with Crippen molar-refractivity contribution >= 4 is 0 Å². The fraction of sp³-hybridized carbons (Fsp3) is 1.00. The van der Waals surface area contributed by atoms with E-state index in [-0.39, 0.29) is 6.29 Å². The Morgan fingerprint density at radius 3 is 2.60 bits per heavy atom. The van der Waals surface area contributed by atoms with Gasteiger partial charge in [-0.15, -0.1) is 0 Å². The molecule has 2 N–H and O–H groups in total. The topological polar surface area (TPSA) is 44.5 Å². The Hall–Kier alpha value is -0.120. The van der Waals surface area contributed by atoms with Crippen molar-refractivity contribution in [1.82, 2.24) is 0 Å². The SMILES string of the molecule is CCC(OC)OCCCN. The summed E-state index contributed by atoms with van der Waals surface area (Å²) in [5.41, 5.74) is 5.28. The highest BCUT2D eigenvalue weighted by Gasteiger charge is 2.01. The maximum absolute atomic E-state index is 5.28. The Morgan fingerprint density at radius 1 is 1.50 bits per heavy atom. The van der Waals surface area contributed by atoms with Crippen LogP contribution in [0.15, 0.2) is 0 Å². The molecule has 0 aromatic carbocycles. The molecule has 0 rings (SSSR count). The van der Waals surface area contributed by atoms with E-state index in [0.717, 1.165) is 12.8 Å². The Balaban J connectivity index is 3.09. The predicted octanol–water partition coefficient (Wildman–Crippen LogP) is 0.734. The van der Waals surface area contributed by atoms with Crippen LogP contribution in [0.4, 0.5) is 0 Å². The molecular weight excluding hydrogens is 130 g/mol. The molecule has 62 valence electrons. The van der Waals surface area contributed by atoms with Crippen LogP contribution in [0.5, 0.6) is 0 Å². The van der Waals surface area contributed by atoms with Crippen LogP contribution in [-0.2, 0) is 9.47 Å². The Morgan fingerprint density at radius 2 is 2.20 bits per heavy atom. The first-order chi connectivity index (χ1) is 4.85. The summed E-state index contributed by atoms with van der Waals surface area (Å²) in [4.78, 5) is 0. The average molecular weight is 147 g/mol. The summed E-state index contributed by atoms with van der Waals surface area (Å²) in [6.07, 6.45) is 1.74. The highest BCUT2D eigenvalue weighted by molar-refractivity contribution is 4.40. The largest absolute Gasteiger partial charge is 0.356 e. The average Bonchev–Trinajstić information content (AvgIpc) is 1.99. The van der Waals surface area contributed by atoms with Crippen molar-refractivity contribution in [2.24, 2.45) is 5.73 Å². The fourth-order valence-electron chi connectivity index (χ4n) is 0.651. The summed E-state index contributed by atoms with van der Waals surface area (Å²) in [6.45, 7) is 3.40. The van der Waals surface area contributed by atoms with Crippen molar-refractivity contribution in [1.29, 1.82) is 0 Å². The minimum Gasteiger partial charge on any atom is -0.356 e. The van der Waals surface area contributed by atoms with Gasteiger partial charge in [-0.3, -0.25) is 0 Å². The van der Waals surface area contributed by atoms with Crippen LogP contribution in [0.3, 0.4) is 0 Å². The van der Waals surface area contributed by atoms with Crippen molar-refractivity contribution in [2.75, 3.05) is 20.3 Å². The van der Waals surface area contributed by atoms with Crippen LogP contribution in [0.1, 0.15) is 19.8 Å². The molecule has 0 spiro atoms. The number of ether oxygens (including phenoxy) is 2. The Bertz CT molecular complexity index is 64.6. The molecule has 0 saturated heterocycles. The third-order valence-electron chi connectivity index (χ3n) is 1.25. The fourth-order valence-corrected chi connectivity index (χ4v) is 0.651. The smallest absolute Gasteiger partial charge is 0.156 e. The normalized spacial score (nSPS) is 13.5. The molecule has 0 amide bonds. The molecule has 0 aromatic rings. The van der Waals surface area contributed by atoms with Crippen molar-refractivity contribution in [3.63, 3.8) is 0 Å². The van der Waals surface area contributed by atoms with Crippen LogP contribution in [-0.4, -0.2) is 26.6 Å². The molecule has 0 aliphatic heterocycles. The lowest BCUT2D eigenvalue weighted by molar-refractivity contribution is -0.124. The maximum atomic E-state index is 5.28. The van der Waals surface area contributed by atoms with Crippen LogP contribution in [0.2, 0.25) is 0 Å². The lowest BCUT2D eigenvalue weighted by Crippen LogP contribution is -2.16. The molecule has 0 bridgehead atoms. The van der Waals surface area contributed by atoms with Gasteiger partial charge in [0.05, 0.1) is 6.61 Å². The van der Waals surface area contributed by atoms with Gasteiger partial charge in [-0.1, -0.05) is 6.92 Å². The van der Waals surface area contributed by atoms with Gasteiger partial charge in [-0.05, 0) is 19.4 Å². The first-order valence-electron chi connectivity index (χ1n) is 3.69. The highest BCUT2D eigenvalue weighted by atomic mass is 16.7. The van der Waals surface area contributed by atoms with Gasteiger partial charge in [0.2, 0.25) is 0 Å². The maximum Gasteiger partial charge on any atom is 0.156 e. The van der Waals surface area contributed by atoms with Crippen molar-refractivity contribution in [3.8, 4) is 0 Å². The van der Waals surface area contributed by atoms with Gasteiger partial charge in [-0.25, -0.2) is 0 Å². The monoisotopic (exact) mass is 147 g/mol. The van der Waals surface area contributed by atoms with E-state index in [1.165, 1.54) is 0 Å². The van der Waals surface area contributed by atoms with Gasteiger partial charge in [-0.2, -0.15) is 0 Å². The zero-order valence-electron chi connectivity index (χ0n) is 6.80. The lowest BCUT2D eigenvalue weighted by Gasteiger charge is -2.12. The summed E-state index contributed by atoms with van der Waals surface area (Å²) in [5, 5.41) is 0. The minimum atomic E-state index is -0.0495. The molecule has 10 heavy (non-hydrogen) atoms. The number of hydrogen-bond donors (Lipinski definition) is 1. The molecule has 0 aliphatic rings. The van der Waals surface area contributed by atoms with Gasteiger partial charge in [0.15, 0.2) is 6.29 Å². The zero-order valence-corrected chi connectivity index (χ0v) is 6.80. The van der Waals surface area contributed by atoms with Gasteiger partial charge in [0.25, 0.3) is 0 Å². The number of rotatable bonds is 6. The quantitative estimate of drug-likeness (QED) is 0.445. The van der Waals surface area contributed by atoms with Crippen molar-refractivity contribution in [2.45, 2.75) is 26.1 Å². The summed E-state index contributed by atoms with van der Waals surface area (Å²) in [7, 11) is 1.65.